The van der Waals surface area contributed by atoms with Crippen molar-refractivity contribution < 1.29 is 38.2 Å². The maximum atomic E-state index is 14.0. The summed E-state index contributed by atoms with van der Waals surface area (Å²) in [5.74, 6) is 0.734. The number of ether oxygens (including phenoxy) is 2. The Hall–Kier alpha value is -6.54. The summed E-state index contributed by atoms with van der Waals surface area (Å²) in [6, 6.07) is 21.8. The van der Waals surface area contributed by atoms with Gasteiger partial charge in [-0.15, -0.1) is 0 Å². The van der Waals surface area contributed by atoms with Crippen LogP contribution >= 0.6 is 11.6 Å². The van der Waals surface area contributed by atoms with Crippen molar-refractivity contribution in [1.29, 1.82) is 5.26 Å². The molecule has 1 spiro atoms. The Morgan fingerprint density at radius 3 is 2.35 bits per heavy atom. The Morgan fingerprint density at radius 2 is 1.68 bits per heavy atom. The molecule has 2 aliphatic carbocycles. The average Bonchev–Trinajstić information content (AvgIpc) is 4.09. The van der Waals surface area contributed by atoms with Crippen molar-refractivity contribution in [2.45, 2.75) is 97.1 Å². The fraction of sp³-hybridized carbons (Fsp3) is 0.442. The largest absolute Gasteiger partial charge is 0.493 e. The number of hydrogen-bond acceptors (Lipinski definition) is 11. The van der Waals surface area contributed by atoms with Crippen molar-refractivity contribution in [2.24, 2.45) is 22.7 Å². The van der Waals surface area contributed by atoms with Crippen LogP contribution in [0.25, 0.3) is 22.6 Å². The number of halogens is 1. The number of rotatable bonds is 18. The highest BCUT2D eigenvalue weighted by Gasteiger charge is 2.53. The third-order valence-electron chi connectivity index (χ3n) is 13.4. The summed E-state index contributed by atoms with van der Waals surface area (Å²) in [7, 11) is 0. The van der Waals surface area contributed by atoms with Crippen LogP contribution in [0, 0.1) is 34.0 Å². The van der Waals surface area contributed by atoms with Crippen molar-refractivity contribution in [3.63, 3.8) is 0 Å². The Morgan fingerprint density at radius 1 is 0.971 bits per heavy atom. The van der Waals surface area contributed by atoms with Crippen LogP contribution in [-0.4, -0.2) is 99.0 Å². The number of aliphatic hydroxyl groups excluding tert-OH is 1. The molecule has 17 heteroatoms. The normalized spacial score (nSPS) is 21.6. The Labute approximate surface area is 406 Å². The molecule has 2 aromatic heterocycles. The first-order chi connectivity index (χ1) is 33.0. The van der Waals surface area contributed by atoms with Crippen molar-refractivity contribution in [2.75, 3.05) is 26.4 Å². The monoisotopic (exact) mass is 958 g/mol. The molecule has 0 radical (unpaired) electrons. The van der Waals surface area contributed by atoms with Crippen molar-refractivity contribution in [1.82, 2.24) is 35.6 Å². The molecule has 4 amide bonds. The van der Waals surface area contributed by atoms with Gasteiger partial charge in [0, 0.05) is 48.4 Å². The zero-order valence-corrected chi connectivity index (χ0v) is 40.1. The molecule has 0 unspecified atom stereocenters. The highest BCUT2D eigenvalue weighted by atomic mass is 35.5. The van der Waals surface area contributed by atoms with Gasteiger partial charge < -0.3 is 39.8 Å². The van der Waals surface area contributed by atoms with Gasteiger partial charge in [-0.05, 0) is 103 Å². The molecular weight excluding hydrogens is 900 g/mol. The van der Waals surface area contributed by atoms with Gasteiger partial charge in [0.25, 0.3) is 5.91 Å². The van der Waals surface area contributed by atoms with Crippen LogP contribution in [0.15, 0.2) is 96.0 Å². The number of benzene rings is 3. The molecule has 16 nitrogen and oxygen atoms in total. The fourth-order valence-electron chi connectivity index (χ4n) is 9.92. The first kappa shape index (κ1) is 48.9. The van der Waals surface area contributed by atoms with E-state index in [1.807, 2.05) is 76.4 Å². The maximum absolute atomic E-state index is 14.0. The standard InChI is InChI=1S/C52H59ClN8O8/c1-32(26-60-16-15-43(59-60)38-9-10-39(23-54)42(53)17-38)57-48(64)37-11-13-41(14-12-37)68-29-35-21-52(22-35)19-34(20-52)28-67-30-46(63)58-47(51(2,3)4)50(66)61-27-40(62)18-44(61)49(65)56-24-33-5-7-36(8-6-33)45-25-55-31-69-45/h5-17,25,31-32,34-35,40,44,47,62H,18-22,24,26-30H2,1-4H3,(H,56,65)(H,57,64)(H,58,63)/t32-,34?,35?,40+,44-,47+,52?/m0/s1. The number of carbonyl (C=O) groups is 4. The van der Waals surface area contributed by atoms with Gasteiger partial charge in [-0.1, -0.05) is 62.7 Å². The smallest absolute Gasteiger partial charge is 0.251 e. The van der Waals surface area contributed by atoms with E-state index in [1.54, 1.807) is 41.2 Å². The molecule has 3 aliphatic rings. The minimum absolute atomic E-state index is 0.0101. The number of hydrogen-bond donors (Lipinski definition) is 4. The summed E-state index contributed by atoms with van der Waals surface area (Å²) in [6.07, 6.45) is 8.25. The molecule has 362 valence electrons. The molecule has 1 aliphatic heterocycles. The quantitative estimate of drug-likeness (QED) is 0.0738. The molecule has 69 heavy (non-hydrogen) atoms. The predicted octanol–water partition coefficient (Wildman–Crippen LogP) is 6.56. The predicted molar refractivity (Wildman–Crippen MR) is 256 cm³/mol. The second-order valence-electron chi connectivity index (χ2n) is 20.0. The van der Waals surface area contributed by atoms with Crippen LogP contribution < -0.4 is 20.7 Å². The number of amides is 4. The number of carbonyl (C=O) groups excluding carboxylic acids is 4. The zero-order valence-electron chi connectivity index (χ0n) is 39.3. The topological polar surface area (TPSA) is 214 Å². The molecule has 1 saturated heterocycles. The average molecular weight is 960 g/mol. The van der Waals surface area contributed by atoms with Crippen molar-refractivity contribution >= 4 is 35.2 Å². The third kappa shape index (κ3) is 12.0. The molecule has 3 fully saturated rings. The summed E-state index contributed by atoms with van der Waals surface area (Å²) in [5, 5.41) is 33.5. The second kappa shape index (κ2) is 21.0. The van der Waals surface area contributed by atoms with Crippen LogP contribution in [0.2, 0.25) is 5.02 Å². The summed E-state index contributed by atoms with van der Waals surface area (Å²) >= 11 is 6.20. The molecule has 5 aromatic rings. The number of aliphatic hydroxyl groups is 1. The van der Waals surface area contributed by atoms with Gasteiger partial charge >= 0.3 is 0 Å². The second-order valence-corrected chi connectivity index (χ2v) is 20.5. The van der Waals surface area contributed by atoms with Crippen molar-refractivity contribution in [3.8, 4) is 34.4 Å². The zero-order chi connectivity index (χ0) is 48.9. The molecular formula is C52H59ClN8O8. The third-order valence-corrected chi connectivity index (χ3v) is 13.7. The van der Waals surface area contributed by atoms with E-state index in [4.69, 9.17) is 30.8 Å². The highest BCUT2D eigenvalue weighted by Crippen LogP contribution is 2.61. The number of nitriles is 1. The van der Waals surface area contributed by atoms with Gasteiger partial charge in [-0.3, -0.25) is 23.9 Å². The van der Waals surface area contributed by atoms with Gasteiger partial charge in [0.2, 0.25) is 17.7 Å². The Bertz CT molecular complexity index is 2640. The lowest BCUT2D eigenvalue weighted by Gasteiger charge is -2.57. The molecule has 4 N–H and O–H groups in total. The maximum Gasteiger partial charge on any atom is 0.251 e. The number of likely N-dealkylation sites (tertiary alicyclic amines) is 1. The van der Waals surface area contributed by atoms with Gasteiger partial charge in [-0.2, -0.15) is 10.4 Å². The number of nitrogens with zero attached hydrogens (tertiary/aromatic N) is 5. The summed E-state index contributed by atoms with van der Waals surface area (Å²) < 4.78 is 19.1. The van der Waals surface area contributed by atoms with E-state index in [9.17, 15) is 24.3 Å². The summed E-state index contributed by atoms with van der Waals surface area (Å²) in [4.78, 5) is 59.0. The van der Waals surface area contributed by atoms with E-state index in [0.717, 1.165) is 48.1 Å². The van der Waals surface area contributed by atoms with Gasteiger partial charge in [0.05, 0.1) is 48.3 Å². The van der Waals surface area contributed by atoms with Gasteiger partial charge in [-0.25, -0.2) is 4.98 Å². The number of nitrogens with one attached hydrogen (secondary N) is 3. The van der Waals surface area contributed by atoms with Gasteiger partial charge in [0.15, 0.2) is 12.2 Å². The molecule has 4 atom stereocenters. The van der Waals surface area contributed by atoms with E-state index >= 15 is 0 Å². The Balaban J connectivity index is 0.711. The van der Waals surface area contributed by atoms with E-state index in [1.165, 1.54) is 11.3 Å². The van der Waals surface area contributed by atoms with E-state index in [2.05, 4.69) is 32.1 Å². The first-order valence-corrected chi connectivity index (χ1v) is 23.8. The minimum Gasteiger partial charge on any atom is -0.493 e. The SMILES string of the molecule is C[C@@H](Cn1ccc(-c2ccc(C#N)c(Cl)c2)n1)NC(=O)c1ccc(OCC2CC3(CC(COCC(=O)N[C@H](C(=O)N4C[C@H](O)C[C@H]4C(=O)NCc4ccc(-c5cnco5)cc4)C(C)(C)C)C3)C2)cc1. The highest BCUT2D eigenvalue weighted by molar-refractivity contribution is 6.32. The first-order valence-electron chi connectivity index (χ1n) is 23.4. The van der Waals surface area contributed by atoms with E-state index < -0.39 is 35.4 Å². The van der Waals surface area contributed by atoms with Crippen LogP contribution in [0.3, 0.4) is 0 Å². The van der Waals surface area contributed by atoms with Crippen LogP contribution in [0.5, 0.6) is 5.75 Å². The Kier molecular flexibility index (Phi) is 14.9. The number of β-amino-alcohol motifs (C(OH)–C–C–N with tert-alkyl or cyclic N) is 1. The summed E-state index contributed by atoms with van der Waals surface area (Å²) in [6.45, 7) is 9.02. The van der Waals surface area contributed by atoms with Crippen LogP contribution in [0.4, 0.5) is 0 Å². The van der Waals surface area contributed by atoms with Crippen LogP contribution in [-0.2, 0) is 32.2 Å². The number of oxazole rings is 1. The lowest BCUT2D eigenvalue weighted by Crippen LogP contribution is -2.58. The molecule has 8 rings (SSSR count). The fourth-order valence-corrected chi connectivity index (χ4v) is 10.1. The lowest BCUT2D eigenvalue weighted by molar-refractivity contribution is -0.145. The molecule has 0 bridgehead atoms. The molecule has 3 aromatic carbocycles. The van der Waals surface area contributed by atoms with Crippen LogP contribution in [0.1, 0.15) is 81.3 Å². The van der Waals surface area contributed by atoms with Gasteiger partial charge in [0.1, 0.15) is 30.5 Å². The van der Waals surface area contributed by atoms with E-state index in [0.29, 0.717) is 59.3 Å². The minimum atomic E-state index is -0.941. The van der Waals surface area contributed by atoms with E-state index in [-0.39, 0.29) is 49.4 Å². The van der Waals surface area contributed by atoms with Crippen molar-refractivity contribution in [3.05, 3.63) is 113 Å². The molecule has 2 saturated carbocycles. The number of aromatic nitrogens is 3. The lowest BCUT2D eigenvalue weighted by atomic mass is 9.48. The summed E-state index contributed by atoms with van der Waals surface area (Å²) in [5.41, 5.74) is 3.77. The molecule has 3 heterocycles.